The molecule has 3 heterocycles. The van der Waals surface area contributed by atoms with Crippen molar-refractivity contribution in [2.75, 3.05) is 5.73 Å². The van der Waals surface area contributed by atoms with Crippen molar-refractivity contribution in [1.29, 1.82) is 0 Å². The van der Waals surface area contributed by atoms with E-state index in [1.807, 2.05) is 24.3 Å². The number of aromatic nitrogens is 6. The van der Waals surface area contributed by atoms with E-state index >= 15 is 0 Å². The zero-order valence-electron chi connectivity index (χ0n) is 17.1. The number of nitrogen functional groups attached to an aromatic ring is 1. The first-order valence-electron chi connectivity index (χ1n) is 9.69. The number of fused-ring (bicyclic) bond motifs is 1. The Hall–Kier alpha value is -4.23. The minimum absolute atomic E-state index is 0.00215. The quantitative estimate of drug-likeness (QED) is 0.195. The van der Waals surface area contributed by atoms with Gasteiger partial charge >= 0.3 is 0 Å². The van der Waals surface area contributed by atoms with E-state index < -0.39 is 5.91 Å². The highest BCUT2D eigenvalue weighted by atomic mass is 35.5. The Morgan fingerprint density at radius 1 is 1.21 bits per heavy atom. The van der Waals surface area contributed by atoms with Crippen molar-refractivity contribution in [3.63, 3.8) is 0 Å². The predicted molar refractivity (Wildman–Crippen MR) is 124 cm³/mol. The van der Waals surface area contributed by atoms with Crippen LogP contribution in [0.15, 0.2) is 67.9 Å². The number of para-hydroxylation sites is 2. The molecule has 0 saturated carbocycles. The third kappa shape index (κ3) is 4.33. The lowest BCUT2D eigenvalue weighted by Gasteiger charge is -2.04. The average Bonchev–Trinajstić information content (AvgIpc) is 3.56. The molecule has 5 aromatic rings. The van der Waals surface area contributed by atoms with Gasteiger partial charge in [-0.15, -0.1) is 5.10 Å². The van der Waals surface area contributed by atoms with Crippen LogP contribution in [0.25, 0.3) is 16.9 Å². The van der Waals surface area contributed by atoms with Crippen LogP contribution in [0, 0.1) is 0 Å². The second-order valence-electron chi connectivity index (χ2n) is 6.73. The number of amides is 1. The maximum Gasteiger partial charge on any atom is 0.293 e. The highest BCUT2D eigenvalue weighted by Gasteiger charge is 2.24. The van der Waals surface area contributed by atoms with E-state index in [4.69, 9.17) is 21.8 Å². The van der Waals surface area contributed by atoms with Crippen LogP contribution in [0.2, 0.25) is 5.02 Å². The van der Waals surface area contributed by atoms with Crippen LogP contribution in [0.3, 0.4) is 0 Å². The SMILES string of the molecule is Nc1nonc1-n1nnc(C(=O)NN=Cc2ccccc2Cl)c1CSc1nc2ccccc2o1. The maximum absolute atomic E-state index is 12.8. The molecule has 170 valence electrons. The molecule has 0 atom stereocenters. The summed E-state index contributed by atoms with van der Waals surface area (Å²) in [5, 5.41) is 20.1. The second kappa shape index (κ2) is 9.33. The highest BCUT2D eigenvalue weighted by Crippen LogP contribution is 2.28. The summed E-state index contributed by atoms with van der Waals surface area (Å²) in [6.07, 6.45) is 1.43. The van der Waals surface area contributed by atoms with Gasteiger partial charge in [-0.2, -0.15) is 9.78 Å². The normalized spacial score (nSPS) is 11.4. The van der Waals surface area contributed by atoms with Crippen LogP contribution in [0.1, 0.15) is 21.7 Å². The molecule has 3 aromatic heterocycles. The first kappa shape index (κ1) is 21.6. The Balaban J connectivity index is 1.41. The number of nitrogens with two attached hydrogens (primary N) is 1. The van der Waals surface area contributed by atoms with E-state index in [0.717, 1.165) is 0 Å². The molecule has 14 heteroatoms. The molecule has 2 aromatic carbocycles. The molecule has 0 radical (unpaired) electrons. The molecule has 1 amide bonds. The first-order valence-corrected chi connectivity index (χ1v) is 11.1. The Kier molecular flexibility index (Phi) is 5.93. The van der Waals surface area contributed by atoms with E-state index in [2.05, 4.69) is 40.8 Å². The smallest absolute Gasteiger partial charge is 0.293 e. The molecule has 0 fully saturated rings. The number of carbonyl (C=O) groups excluding carboxylic acids is 1. The van der Waals surface area contributed by atoms with Gasteiger partial charge in [0.05, 0.1) is 11.9 Å². The molecule has 3 N–H and O–H groups in total. The molecule has 12 nitrogen and oxygen atoms in total. The van der Waals surface area contributed by atoms with Crippen molar-refractivity contribution >= 4 is 52.4 Å². The van der Waals surface area contributed by atoms with E-state index in [1.54, 1.807) is 24.3 Å². The highest BCUT2D eigenvalue weighted by molar-refractivity contribution is 7.98. The minimum atomic E-state index is -0.599. The molecule has 5 rings (SSSR count). The summed E-state index contributed by atoms with van der Waals surface area (Å²) in [6, 6.07) is 14.4. The van der Waals surface area contributed by atoms with Crippen molar-refractivity contribution in [3.8, 4) is 5.82 Å². The lowest BCUT2D eigenvalue weighted by molar-refractivity contribution is 0.0949. The number of thioether (sulfide) groups is 1. The van der Waals surface area contributed by atoms with Crippen LogP contribution >= 0.6 is 23.4 Å². The van der Waals surface area contributed by atoms with E-state index in [0.29, 0.717) is 32.6 Å². The fourth-order valence-corrected chi connectivity index (χ4v) is 3.97. The Morgan fingerprint density at radius 2 is 2.03 bits per heavy atom. The van der Waals surface area contributed by atoms with Crippen molar-refractivity contribution < 1.29 is 13.8 Å². The summed E-state index contributed by atoms with van der Waals surface area (Å²) in [5.41, 5.74) is 10.6. The summed E-state index contributed by atoms with van der Waals surface area (Å²) in [4.78, 5) is 17.3. The summed E-state index contributed by atoms with van der Waals surface area (Å²) >= 11 is 7.35. The molecule has 0 aliphatic rings. The van der Waals surface area contributed by atoms with Crippen molar-refractivity contribution in [2.24, 2.45) is 5.10 Å². The number of nitrogens with zero attached hydrogens (tertiary/aromatic N) is 7. The summed E-state index contributed by atoms with van der Waals surface area (Å²) in [7, 11) is 0. The zero-order valence-corrected chi connectivity index (χ0v) is 18.7. The summed E-state index contributed by atoms with van der Waals surface area (Å²) in [6.45, 7) is 0. The fraction of sp³-hybridized carbons (Fsp3) is 0.0500. The number of hydrazone groups is 1. The number of halogens is 1. The number of nitrogens with one attached hydrogen (secondary N) is 1. The number of hydrogen-bond acceptors (Lipinski definition) is 11. The fourth-order valence-electron chi connectivity index (χ4n) is 2.95. The van der Waals surface area contributed by atoms with Gasteiger partial charge in [-0.1, -0.05) is 58.9 Å². The maximum atomic E-state index is 12.8. The van der Waals surface area contributed by atoms with E-state index in [9.17, 15) is 4.79 Å². The Labute approximate surface area is 200 Å². The number of benzene rings is 2. The molecule has 0 bridgehead atoms. The van der Waals surface area contributed by atoms with Crippen LogP contribution in [0.5, 0.6) is 0 Å². The van der Waals surface area contributed by atoms with Gasteiger partial charge in [0.1, 0.15) is 5.52 Å². The lowest BCUT2D eigenvalue weighted by atomic mass is 10.2. The molecule has 0 spiro atoms. The largest absolute Gasteiger partial charge is 0.431 e. The minimum Gasteiger partial charge on any atom is -0.431 e. The van der Waals surface area contributed by atoms with Crippen LogP contribution in [-0.4, -0.2) is 42.4 Å². The number of carbonyl (C=O) groups is 1. The summed E-state index contributed by atoms with van der Waals surface area (Å²) in [5.74, 6) is -0.318. The molecule has 0 aliphatic heterocycles. The van der Waals surface area contributed by atoms with Gasteiger partial charge in [0, 0.05) is 16.3 Å². The predicted octanol–water partition coefficient (Wildman–Crippen LogP) is 3.08. The van der Waals surface area contributed by atoms with Crippen LogP contribution in [0.4, 0.5) is 5.82 Å². The van der Waals surface area contributed by atoms with Crippen molar-refractivity contribution in [3.05, 3.63) is 70.5 Å². The Morgan fingerprint density at radius 3 is 2.82 bits per heavy atom. The third-order valence-electron chi connectivity index (χ3n) is 4.56. The Bertz CT molecular complexity index is 1480. The van der Waals surface area contributed by atoms with Crippen LogP contribution < -0.4 is 11.2 Å². The summed E-state index contributed by atoms with van der Waals surface area (Å²) < 4.78 is 11.7. The molecule has 0 aliphatic carbocycles. The molecule has 0 unspecified atom stereocenters. The van der Waals surface area contributed by atoms with E-state index in [-0.39, 0.29) is 23.1 Å². The number of anilines is 1. The van der Waals surface area contributed by atoms with Crippen molar-refractivity contribution in [1.82, 2.24) is 35.7 Å². The van der Waals surface area contributed by atoms with Gasteiger partial charge in [-0.25, -0.2) is 15.0 Å². The zero-order chi connectivity index (χ0) is 23.5. The second-order valence-corrected chi connectivity index (χ2v) is 8.06. The first-order chi connectivity index (χ1) is 16.6. The van der Waals surface area contributed by atoms with Gasteiger partial charge in [0.25, 0.3) is 11.1 Å². The van der Waals surface area contributed by atoms with Gasteiger partial charge in [0.2, 0.25) is 11.6 Å². The van der Waals surface area contributed by atoms with Gasteiger partial charge in [-0.3, -0.25) is 4.79 Å². The lowest BCUT2D eigenvalue weighted by Crippen LogP contribution is -2.20. The monoisotopic (exact) mass is 495 g/mol. The standard InChI is InChI=1S/C20H14ClN9O3S/c21-12-6-2-1-5-11(12)9-23-26-19(31)16-14(30(29-25-16)18-17(22)27-33-28-18)10-34-20-24-13-7-3-4-8-15(13)32-20/h1-9H,10H2,(H2,22,27)(H,26,31). The van der Waals surface area contributed by atoms with Crippen molar-refractivity contribution in [2.45, 2.75) is 11.0 Å². The van der Waals surface area contributed by atoms with Gasteiger partial charge in [0.15, 0.2) is 11.3 Å². The number of rotatable bonds is 7. The third-order valence-corrected chi connectivity index (χ3v) is 5.74. The molecular formula is C20H14ClN9O3S. The molecular weight excluding hydrogens is 482 g/mol. The van der Waals surface area contributed by atoms with Gasteiger partial charge < -0.3 is 10.2 Å². The topological polar surface area (TPSA) is 163 Å². The van der Waals surface area contributed by atoms with E-state index in [1.165, 1.54) is 22.7 Å². The molecule has 34 heavy (non-hydrogen) atoms. The number of hydrogen-bond donors (Lipinski definition) is 2. The van der Waals surface area contributed by atoms with Crippen LogP contribution in [-0.2, 0) is 5.75 Å². The average molecular weight is 496 g/mol. The van der Waals surface area contributed by atoms with Gasteiger partial charge in [-0.05, 0) is 28.5 Å². The number of oxazole rings is 1. The molecule has 0 saturated heterocycles.